The molecule has 1 nitrogen and oxygen atoms in total. The van der Waals surface area contributed by atoms with Gasteiger partial charge in [-0.25, -0.2) is 0 Å². The molecule has 1 unspecified atom stereocenters. The van der Waals surface area contributed by atoms with Gasteiger partial charge >= 0.3 is 0 Å². The van der Waals surface area contributed by atoms with Crippen molar-refractivity contribution in [1.82, 2.24) is 0 Å². The second-order valence-electron chi connectivity index (χ2n) is 5.34. The van der Waals surface area contributed by atoms with Crippen LogP contribution in [-0.2, 0) is 4.74 Å². The van der Waals surface area contributed by atoms with E-state index in [1.165, 1.54) is 77.0 Å². The van der Waals surface area contributed by atoms with Gasteiger partial charge in [0.15, 0.2) is 0 Å². The molecular formula is C17H34O. The number of methoxy groups -OCH3 is 1. The molecule has 0 radical (unpaired) electrons. The van der Waals surface area contributed by atoms with Crippen molar-refractivity contribution in [2.75, 3.05) is 7.11 Å². The third kappa shape index (κ3) is 12.2. The van der Waals surface area contributed by atoms with E-state index in [0.717, 1.165) is 0 Å². The first-order valence-electron chi connectivity index (χ1n) is 7.98. The lowest BCUT2D eigenvalue weighted by molar-refractivity contribution is 0.0836. The maximum absolute atomic E-state index is 5.51. The van der Waals surface area contributed by atoms with Gasteiger partial charge in [-0.1, -0.05) is 64.4 Å². The lowest BCUT2D eigenvalue weighted by Gasteiger charge is -2.14. The Kier molecular flexibility index (Phi) is 14.5. The van der Waals surface area contributed by atoms with Crippen LogP contribution in [0.3, 0.4) is 0 Å². The Morgan fingerprint density at radius 2 is 1.44 bits per heavy atom. The van der Waals surface area contributed by atoms with Gasteiger partial charge in [0.1, 0.15) is 0 Å². The van der Waals surface area contributed by atoms with Crippen LogP contribution >= 0.6 is 0 Å². The number of rotatable bonds is 14. The molecule has 0 fully saturated rings. The lowest BCUT2D eigenvalue weighted by atomic mass is 10.0. The minimum Gasteiger partial charge on any atom is -0.381 e. The summed E-state index contributed by atoms with van der Waals surface area (Å²) in [6.07, 6.45) is 18.5. The maximum atomic E-state index is 5.51. The third-order valence-corrected chi connectivity index (χ3v) is 3.65. The fraction of sp³-hybridized carbons (Fsp3) is 0.882. The van der Waals surface area contributed by atoms with Gasteiger partial charge in [-0.3, -0.25) is 0 Å². The molecule has 1 atom stereocenters. The molecule has 0 heterocycles. The van der Waals surface area contributed by atoms with Gasteiger partial charge in [0, 0.05) is 7.11 Å². The van der Waals surface area contributed by atoms with Gasteiger partial charge in [-0.05, 0) is 25.7 Å². The van der Waals surface area contributed by atoms with Crippen LogP contribution in [0.4, 0.5) is 0 Å². The van der Waals surface area contributed by atoms with Gasteiger partial charge < -0.3 is 4.74 Å². The molecule has 0 aromatic carbocycles. The van der Waals surface area contributed by atoms with E-state index in [-0.39, 0.29) is 0 Å². The SMILES string of the molecule is C=CCCCCCCCCCC(CCCC)OC. The minimum atomic E-state index is 0.512. The molecule has 0 aromatic rings. The number of ether oxygens (including phenoxy) is 1. The summed E-state index contributed by atoms with van der Waals surface area (Å²) in [5.74, 6) is 0. The molecule has 0 aliphatic carbocycles. The highest BCUT2D eigenvalue weighted by Gasteiger charge is 2.05. The van der Waals surface area contributed by atoms with Crippen LogP contribution in [0.2, 0.25) is 0 Å². The van der Waals surface area contributed by atoms with Gasteiger partial charge in [0.25, 0.3) is 0 Å². The van der Waals surface area contributed by atoms with Gasteiger partial charge in [-0.2, -0.15) is 0 Å². The molecule has 18 heavy (non-hydrogen) atoms. The summed E-state index contributed by atoms with van der Waals surface area (Å²) in [6.45, 7) is 6.00. The van der Waals surface area contributed by atoms with Crippen LogP contribution in [0.25, 0.3) is 0 Å². The Bertz CT molecular complexity index is 165. The average Bonchev–Trinajstić information content (AvgIpc) is 2.40. The van der Waals surface area contributed by atoms with Crippen molar-refractivity contribution >= 4 is 0 Å². The highest BCUT2D eigenvalue weighted by Crippen LogP contribution is 2.14. The number of allylic oxidation sites excluding steroid dienone is 1. The van der Waals surface area contributed by atoms with E-state index in [1.54, 1.807) is 0 Å². The quantitative estimate of drug-likeness (QED) is 0.277. The largest absolute Gasteiger partial charge is 0.381 e. The molecule has 1 heteroatoms. The standard InChI is InChI=1S/C17H34O/c1-4-6-8-9-10-11-12-13-14-16-17(18-3)15-7-5-2/h4,17H,1,5-16H2,2-3H3. The van der Waals surface area contributed by atoms with E-state index in [2.05, 4.69) is 13.5 Å². The Morgan fingerprint density at radius 3 is 2.00 bits per heavy atom. The summed E-state index contributed by atoms with van der Waals surface area (Å²) in [5.41, 5.74) is 0. The Hall–Kier alpha value is -0.300. The summed E-state index contributed by atoms with van der Waals surface area (Å²) < 4.78 is 5.51. The lowest BCUT2D eigenvalue weighted by Crippen LogP contribution is -2.09. The maximum Gasteiger partial charge on any atom is 0.0571 e. The Balaban J connectivity index is 3.19. The van der Waals surface area contributed by atoms with Crippen LogP contribution in [0.5, 0.6) is 0 Å². The first-order chi connectivity index (χ1) is 8.85. The zero-order valence-corrected chi connectivity index (χ0v) is 12.8. The molecule has 0 saturated heterocycles. The van der Waals surface area contributed by atoms with E-state index in [0.29, 0.717) is 6.10 Å². The first kappa shape index (κ1) is 17.7. The zero-order valence-electron chi connectivity index (χ0n) is 12.8. The Labute approximate surface area is 115 Å². The smallest absolute Gasteiger partial charge is 0.0571 e. The van der Waals surface area contributed by atoms with E-state index >= 15 is 0 Å². The van der Waals surface area contributed by atoms with Crippen LogP contribution < -0.4 is 0 Å². The van der Waals surface area contributed by atoms with E-state index in [9.17, 15) is 0 Å². The molecule has 0 saturated carbocycles. The van der Waals surface area contributed by atoms with Crippen molar-refractivity contribution in [3.05, 3.63) is 12.7 Å². The third-order valence-electron chi connectivity index (χ3n) is 3.65. The molecule has 0 spiro atoms. The normalized spacial score (nSPS) is 12.6. The summed E-state index contributed by atoms with van der Waals surface area (Å²) in [4.78, 5) is 0. The predicted octanol–water partition coefficient (Wildman–Crippen LogP) is 5.89. The molecule has 0 aliphatic heterocycles. The number of hydrogen-bond donors (Lipinski definition) is 0. The number of hydrogen-bond acceptors (Lipinski definition) is 1. The Morgan fingerprint density at radius 1 is 0.889 bits per heavy atom. The van der Waals surface area contributed by atoms with Crippen molar-refractivity contribution in [2.45, 2.75) is 90.1 Å². The highest BCUT2D eigenvalue weighted by atomic mass is 16.5. The monoisotopic (exact) mass is 254 g/mol. The predicted molar refractivity (Wildman–Crippen MR) is 82.1 cm³/mol. The van der Waals surface area contributed by atoms with Crippen molar-refractivity contribution in [3.8, 4) is 0 Å². The van der Waals surface area contributed by atoms with Gasteiger partial charge in [-0.15, -0.1) is 6.58 Å². The molecular weight excluding hydrogens is 220 g/mol. The van der Waals surface area contributed by atoms with E-state index < -0.39 is 0 Å². The number of unbranched alkanes of at least 4 members (excludes halogenated alkanes) is 8. The van der Waals surface area contributed by atoms with Crippen LogP contribution in [0.1, 0.15) is 84.0 Å². The van der Waals surface area contributed by atoms with Gasteiger partial charge in [0.2, 0.25) is 0 Å². The topological polar surface area (TPSA) is 9.23 Å². The fourth-order valence-electron chi connectivity index (χ4n) is 2.36. The molecule has 0 N–H and O–H groups in total. The van der Waals surface area contributed by atoms with Crippen LogP contribution in [0, 0.1) is 0 Å². The van der Waals surface area contributed by atoms with E-state index in [1.807, 2.05) is 13.2 Å². The van der Waals surface area contributed by atoms with E-state index in [4.69, 9.17) is 4.74 Å². The second-order valence-corrected chi connectivity index (χ2v) is 5.34. The highest BCUT2D eigenvalue weighted by molar-refractivity contribution is 4.65. The molecule has 0 bridgehead atoms. The first-order valence-corrected chi connectivity index (χ1v) is 7.98. The molecule has 0 rings (SSSR count). The van der Waals surface area contributed by atoms with Crippen molar-refractivity contribution in [3.63, 3.8) is 0 Å². The molecule has 108 valence electrons. The summed E-state index contributed by atoms with van der Waals surface area (Å²) >= 11 is 0. The summed E-state index contributed by atoms with van der Waals surface area (Å²) in [7, 11) is 1.86. The fourth-order valence-corrected chi connectivity index (χ4v) is 2.36. The van der Waals surface area contributed by atoms with Crippen molar-refractivity contribution < 1.29 is 4.74 Å². The molecule has 0 aromatic heterocycles. The minimum absolute atomic E-state index is 0.512. The second kappa shape index (κ2) is 14.8. The van der Waals surface area contributed by atoms with Crippen LogP contribution in [-0.4, -0.2) is 13.2 Å². The summed E-state index contributed by atoms with van der Waals surface area (Å²) in [5, 5.41) is 0. The molecule has 0 aliphatic rings. The van der Waals surface area contributed by atoms with Crippen molar-refractivity contribution in [2.24, 2.45) is 0 Å². The molecule has 0 amide bonds. The summed E-state index contributed by atoms with van der Waals surface area (Å²) in [6, 6.07) is 0. The van der Waals surface area contributed by atoms with Gasteiger partial charge in [0.05, 0.1) is 6.10 Å². The average molecular weight is 254 g/mol. The van der Waals surface area contributed by atoms with Crippen LogP contribution in [0.15, 0.2) is 12.7 Å². The zero-order chi connectivity index (χ0) is 13.5. The van der Waals surface area contributed by atoms with Crippen molar-refractivity contribution in [1.29, 1.82) is 0 Å².